The maximum absolute atomic E-state index is 3.80. The molecule has 0 radical (unpaired) electrons. The van der Waals surface area contributed by atoms with Gasteiger partial charge in [-0.2, -0.15) is 0 Å². The molecule has 1 N–H and O–H groups in total. The fourth-order valence-corrected chi connectivity index (χ4v) is 3.04. The Kier molecular flexibility index (Phi) is 4.82. The van der Waals surface area contributed by atoms with E-state index in [2.05, 4.69) is 50.4 Å². The van der Waals surface area contributed by atoms with Gasteiger partial charge in [-0.1, -0.05) is 43.2 Å². The molecule has 1 fully saturated rings. The summed E-state index contributed by atoms with van der Waals surface area (Å²) in [7, 11) is 0. The molecule has 18 heavy (non-hydrogen) atoms. The molecule has 1 aromatic carbocycles. The number of aryl methyl sites for hydroxylation is 1. The minimum Gasteiger partial charge on any atom is -0.307 e. The van der Waals surface area contributed by atoms with E-state index in [1.807, 2.05) is 0 Å². The molecule has 0 saturated heterocycles. The molecular formula is C17H27N. The summed E-state index contributed by atoms with van der Waals surface area (Å²) in [5.74, 6) is 0.984. The zero-order valence-electron chi connectivity index (χ0n) is 12.1. The zero-order chi connectivity index (χ0) is 13.0. The van der Waals surface area contributed by atoms with Crippen LogP contribution in [-0.2, 0) is 0 Å². The third-order valence-corrected chi connectivity index (χ3v) is 4.49. The molecule has 0 amide bonds. The van der Waals surface area contributed by atoms with E-state index in [0.29, 0.717) is 6.04 Å². The maximum Gasteiger partial charge on any atom is 0.0294 e. The Bertz CT molecular complexity index is 346. The Labute approximate surface area is 112 Å². The Hall–Kier alpha value is -0.820. The standard InChI is InChI=1S/C17H27N/c1-4-15-7-11-17(12-8-15)18-14(3)16-9-5-13(2)6-10-16/h5-6,9-10,14-15,17-18H,4,7-8,11-12H2,1-3H3/t14-,15?,17?/m0/s1. The van der Waals surface area contributed by atoms with E-state index in [4.69, 9.17) is 0 Å². The van der Waals surface area contributed by atoms with Crippen LogP contribution in [0.3, 0.4) is 0 Å². The van der Waals surface area contributed by atoms with Gasteiger partial charge in [0.2, 0.25) is 0 Å². The lowest BCUT2D eigenvalue weighted by atomic mass is 9.84. The average Bonchev–Trinajstić information content (AvgIpc) is 2.40. The highest BCUT2D eigenvalue weighted by Gasteiger charge is 2.21. The molecule has 0 unspecified atom stereocenters. The van der Waals surface area contributed by atoms with Gasteiger partial charge in [0, 0.05) is 12.1 Å². The third-order valence-electron chi connectivity index (χ3n) is 4.49. The van der Waals surface area contributed by atoms with E-state index in [1.165, 1.54) is 43.2 Å². The number of hydrogen-bond donors (Lipinski definition) is 1. The van der Waals surface area contributed by atoms with Crippen LogP contribution < -0.4 is 5.32 Å². The van der Waals surface area contributed by atoms with Crippen LogP contribution in [0, 0.1) is 12.8 Å². The normalized spacial score (nSPS) is 25.9. The molecule has 1 heteroatoms. The lowest BCUT2D eigenvalue weighted by molar-refractivity contribution is 0.273. The minimum absolute atomic E-state index is 0.480. The first-order valence-corrected chi connectivity index (χ1v) is 7.51. The largest absolute Gasteiger partial charge is 0.307 e. The maximum atomic E-state index is 3.80. The minimum atomic E-state index is 0.480. The first-order chi connectivity index (χ1) is 8.69. The van der Waals surface area contributed by atoms with Gasteiger partial charge in [0.25, 0.3) is 0 Å². The Balaban J connectivity index is 1.84. The average molecular weight is 245 g/mol. The quantitative estimate of drug-likeness (QED) is 0.816. The first kappa shape index (κ1) is 13.6. The van der Waals surface area contributed by atoms with Crippen LogP contribution in [0.4, 0.5) is 0 Å². The van der Waals surface area contributed by atoms with Gasteiger partial charge in [-0.25, -0.2) is 0 Å². The zero-order valence-corrected chi connectivity index (χ0v) is 12.1. The van der Waals surface area contributed by atoms with Crippen molar-refractivity contribution in [2.75, 3.05) is 0 Å². The molecule has 1 aliphatic rings. The molecule has 0 spiro atoms. The number of hydrogen-bond acceptors (Lipinski definition) is 1. The molecule has 0 aliphatic heterocycles. The van der Waals surface area contributed by atoms with Gasteiger partial charge in [-0.3, -0.25) is 0 Å². The summed E-state index contributed by atoms with van der Waals surface area (Å²) in [5, 5.41) is 3.80. The van der Waals surface area contributed by atoms with Crippen molar-refractivity contribution < 1.29 is 0 Å². The lowest BCUT2D eigenvalue weighted by Gasteiger charge is -2.31. The predicted octanol–water partition coefficient (Wildman–Crippen LogP) is 4.61. The van der Waals surface area contributed by atoms with E-state index in [0.717, 1.165) is 12.0 Å². The van der Waals surface area contributed by atoms with Crippen LogP contribution in [0.1, 0.15) is 63.1 Å². The summed E-state index contributed by atoms with van der Waals surface area (Å²) in [6.07, 6.45) is 6.90. The van der Waals surface area contributed by atoms with Crippen molar-refractivity contribution in [3.63, 3.8) is 0 Å². The Morgan fingerprint density at radius 1 is 1.11 bits per heavy atom. The van der Waals surface area contributed by atoms with E-state index < -0.39 is 0 Å². The van der Waals surface area contributed by atoms with E-state index in [-0.39, 0.29) is 0 Å². The van der Waals surface area contributed by atoms with Crippen molar-refractivity contribution in [1.29, 1.82) is 0 Å². The van der Waals surface area contributed by atoms with Crippen molar-refractivity contribution in [2.24, 2.45) is 5.92 Å². The van der Waals surface area contributed by atoms with Crippen LogP contribution in [0.5, 0.6) is 0 Å². The highest BCUT2D eigenvalue weighted by Crippen LogP contribution is 2.28. The van der Waals surface area contributed by atoms with Gasteiger partial charge in [-0.15, -0.1) is 0 Å². The second-order valence-electron chi connectivity index (χ2n) is 5.92. The molecule has 1 aromatic rings. The second-order valence-corrected chi connectivity index (χ2v) is 5.92. The first-order valence-electron chi connectivity index (χ1n) is 7.51. The fourth-order valence-electron chi connectivity index (χ4n) is 3.04. The van der Waals surface area contributed by atoms with Crippen LogP contribution in [0.2, 0.25) is 0 Å². The lowest BCUT2D eigenvalue weighted by Crippen LogP contribution is -2.34. The predicted molar refractivity (Wildman–Crippen MR) is 78.8 cm³/mol. The molecule has 1 atom stereocenters. The second kappa shape index (κ2) is 6.38. The van der Waals surface area contributed by atoms with E-state index in [9.17, 15) is 0 Å². The molecule has 0 aromatic heterocycles. The van der Waals surface area contributed by atoms with Gasteiger partial charge in [-0.05, 0) is 51.0 Å². The van der Waals surface area contributed by atoms with Gasteiger partial charge in [0.15, 0.2) is 0 Å². The fraction of sp³-hybridized carbons (Fsp3) is 0.647. The topological polar surface area (TPSA) is 12.0 Å². The van der Waals surface area contributed by atoms with Crippen LogP contribution in [0.15, 0.2) is 24.3 Å². The van der Waals surface area contributed by atoms with Gasteiger partial charge < -0.3 is 5.32 Å². The van der Waals surface area contributed by atoms with Crippen molar-refractivity contribution in [3.05, 3.63) is 35.4 Å². The molecule has 0 bridgehead atoms. The molecular weight excluding hydrogens is 218 g/mol. The van der Waals surface area contributed by atoms with Gasteiger partial charge in [0.05, 0.1) is 0 Å². The summed E-state index contributed by atoms with van der Waals surface area (Å²) in [6, 6.07) is 10.1. The van der Waals surface area contributed by atoms with Crippen molar-refractivity contribution in [3.8, 4) is 0 Å². The molecule has 0 heterocycles. The molecule has 1 aliphatic carbocycles. The van der Waals surface area contributed by atoms with Crippen molar-refractivity contribution in [2.45, 2.75) is 65.0 Å². The molecule has 100 valence electrons. The highest BCUT2D eigenvalue weighted by molar-refractivity contribution is 5.23. The molecule has 1 saturated carbocycles. The highest BCUT2D eigenvalue weighted by atomic mass is 14.9. The Morgan fingerprint density at radius 3 is 2.28 bits per heavy atom. The number of rotatable bonds is 4. The van der Waals surface area contributed by atoms with Crippen LogP contribution >= 0.6 is 0 Å². The van der Waals surface area contributed by atoms with Crippen molar-refractivity contribution >= 4 is 0 Å². The summed E-state index contributed by atoms with van der Waals surface area (Å²) in [5.41, 5.74) is 2.76. The summed E-state index contributed by atoms with van der Waals surface area (Å²) < 4.78 is 0. The SMILES string of the molecule is CCC1CCC(N[C@@H](C)c2ccc(C)cc2)CC1. The summed E-state index contributed by atoms with van der Waals surface area (Å²) in [4.78, 5) is 0. The van der Waals surface area contributed by atoms with E-state index in [1.54, 1.807) is 0 Å². The van der Waals surface area contributed by atoms with Crippen LogP contribution in [-0.4, -0.2) is 6.04 Å². The third kappa shape index (κ3) is 3.58. The summed E-state index contributed by atoms with van der Waals surface area (Å²) in [6.45, 7) is 6.76. The number of nitrogens with one attached hydrogen (secondary N) is 1. The van der Waals surface area contributed by atoms with E-state index >= 15 is 0 Å². The molecule has 2 rings (SSSR count). The molecule has 1 nitrogen and oxygen atoms in total. The van der Waals surface area contributed by atoms with Gasteiger partial charge in [0.1, 0.15) is 0 Å². The van der Waals surface area contributed by atoms with Crippen LogP contribution in [0.25, 0.3) is 0 Å². The Morgan fingerprint density at radius 2 is 1.72 bits per heavy atom. The van der Waals surface area contributed by atoms with Gasteiger partial charge >= 0.3 is 0 Å². The van der Waals surface area contributed by atoms with Crippen molar-refractivity contribution in [1.82, 2.24) is 5.32 Å². The number of benzene rings is 1. The summed E-state index contributed by atoms with van der Waals surface area (Å²) >= 11 is 0. The smallest absolute Gasteiger partial charge is 0.0294 e. The monoisotopic (exact) mass is 245 g/mol.